The Labute approximate surface area is 204 Å². The van der Waals surface area contributed by atoms with E-state index >= 15 is 0 Å². The smallest absolute Gasteiger partial charge is 0.377 e. The van der Waals surface area contributed by atoms with E-state index in [9.17, 15) is 26.0 Å². The highest BCUT2D eigenvalue weighted by Gasteiger charge is 2.35. The van der Waals surface area contributed by atoms with Crippen LogP contribution >= 0.6 is 0 Å². The van der Waals surface area contributed by atoms with Crippen LogP contribution in [0.2, 0.25) is 0 Å². The average Bonchev–Trinajstić information content (AvgIpc) is 2.81. The molecule has 1 fully saturated rings. The van der Waals surface area contributed by atoms with E-state index in [1.807, 2.05) is 35.2 Å². The zero-order chi connectivity index (χ0) is 25.5. The number of hydrogen-bond acceptors (Lipinski definition) is 4. The van der Waals surface area contributed by atoms with Crippen LogP contribution in [0.4, 0.5) is 17.6 Å². The summed E-state index contributed by atoms with van der Waals surface area (Å²) >= 11 is 0. The second-order valence-corrected chi connectivity index (χ2v) is 10.9. The molecule has 0 radical (unpaired) electrons. The van der Waals surface area contributed by atoms with Gasteiger partial charge in [0.2, 0.25) is 10.0 Å². The van der Waals surface area contributed by atoms with Gasteiger partial charge >= 0.3 is 6.18 Å². The lowest BCUT2D eigenvalue weighted by atomic mass is 10.1. The highest BCUT2D eigenvalue weighted by atomic mass is 32.2. The van der Waals surface area contributed by atoms with E-state index in [-0.39, 0.29) is 18.2 Å². The molecule has 2 aromatic rings. The van der Waals surface area contributed by atoms with Gasteiger partial charge in [0.15, 0.2) is 0 Å². The summed E-state index contributed by atoms with van der Waals surface area (Å²) < 4.78 is 85.0. The van der Waals surface area contributed by atoms with Gasteiger partial charge in [-0.25, -0.2) is 12.8 Å². The molecule has 0 amide bonds. The third kappa shape index (κ3) is 8.56. The molecular weight excluding hydrogens is 484 g/mol. The molecule has 0 aliphatic carbocycles. The fourth-order valence-electron chi connectivity index (χ4n) is 4.24. The number of rotatable bonds is 11. The first-order valence-electron chi connectivity index (χ1n) is 11.7. The molecule has 10 heteroatoms. The molecule has 0 spiro atoms. The summed E-state index contributed by atoms with van der Waals surface area (Å²) in [5, 5.41) is 0. The fraction of sp³-hybridized carbons (Fsp3) is 0.520. The zero-order valence-electron chi connectivity index (χ0n) is 19.8. The molecule has 1 atom stereocenters. The SMILES string of the molecule is CS(=O)(=O)N1CCCC(OCCCN(CCc2ccccc2)Cc2cccc(C(F)(F)F)c2F)C1. The normalized spacial score (nSPS) is 17.7. The summed E-state index contributed by atoms with van der Waals surface area (Å²) in [6.45, 7) is 2.31. The van der Waals surface area contributed by atoms with Crippen molar-refractivity contribution >= 4 is 10.0 Å². The van der Waals surface area contributed by atoms with Crippen LogP contribution in [0, 0.1) is 5.82 Å². The van der Waals surface area contributed by atoms with Crippen molar-refractivity contribution in [3.8, 4) is 0 Å². The van der Waals surface area contributed by atoms with Gasteiger partial charge < -0.3 is 4.74 Å². The van der Waals surface area contributed by atoms with Crippen molar-refractivity contribution in [3.05, 3.63) is 71.0 Å². The van der Waals surface area contributed by atoms with Gasteiger partial charge in [0.05, 0.1) is 17.9 Å². The summed E-state index contributed by atoms with van der Waals surface area (Å²) in [6, 6.07) is 13.1. The van der Waals surface area contributed by atoms with Crippen LogP contribution in [-0.4, -0.2) is 62.8 Å². The molecule has 0 aromatic heterocycles. The summed E-state index contributed by atoms with van der Waals surface area (Å²) in [5.41, 5.74) is -0.166. The molecule has 1 saturated heterocycles. The Hall–Kier alpha value is -2.01. The lowest BCUT2D eigenvalue weighted by Gasteiger charge is -2.31. The minimum Gasteiger partial charge on any atom is -0.377 e. The first kappa shape index (κ1) is 27.6. The number of sulfonamides is 1. The van der Waals surface area contributed by atoms with Gasteiger partial charge in [0, 0.05) is 44.9 Å². The maximum absolute atomic E-state index is 14.6. The number of nitrogens with zero attached hydrogens (tertiary/aromatic N) is 2. The van der Waals surface area contributed by atoms with Gasteiger partial charge in [-0.2, -0.15) is 17.5 Å². The van der Waals surface area contributed by atoms with Gasteiger partial charge in [-0.15, -0.1) is 0 Å². The third-order valence-corrected chi connectivity index (χ3v) is 7.39. The molecule has 1 aliphatic rings. The number of ether oxygens (including phenoxy) is 1. The molecule has 0 N–H and O–H groups in total. The number of hydrogen-bond donors (Lipinski definition) is 0. The summed E-state index contributed by atoms with van der Waals surface area (Å²) in [7, 11) is -3.26. The highest BCUT2D eigenvalue weighted by Crippen LogP contribution is 2.32. The average molecular weight is 517 g/mol. The Balaban J connectivity index is 1.60. The monoisotopic (exact) mass is 516 g/mol. The molecule has 1 unspecified atom stereocenters. The van der Waals surface area contributed by atoms with E-state index in [4.69, 9.17) is 4.74 Å². The minimum atomic E-state index is -4.75. The molecule has 1 heterocycles. The molecule has 5 nitrogen and oxygen atoms in total. The molecule has 0 saturated carbocycles. The van der Waals surface area contributed by atoms with Gasteiger partial charge in [0.1, 0.15) is 5.82 Å². The topological polar surface area (TPSA) is 49.9 Å². The Morgan fingerprint density at radius 3 is 2.51 bits per heavy atom. The lowest BCUT2D eigenvalue weighted by Crippen LogP contribution is -2.42. The van der Waals surface area contributed by atoms with Crippen LogP contribution in [0.5, 0.6) is 0 Å². The van der Waals surface area contributed by atoms with Crippen molar-refractivity contribution in [2.75, 3.05) is 39.0 Å². The van der Waals surface area contributed by atoms with Crippen LogP contribution in [0.25, 0.3) is 0 Å². The lowest BCUT2D eigenvalue weighted by molar-refractivity contribution is -0.140. The van der Waals surface area contributed by atoms with Crippen molar-refractivity contribution < 1.29 is 30.7 Å². The second-order valence-electron chi connectivity index (χ2n) is 8.90. The van der Waals surface area contributed by atoms with E-state index in [0.29, 0.717) is 45.6 Å². The molecule has 0 bridgehead atoms. The quantitative estimate of drug-likeness (QED) is 0.320. The second kappa shape index (κ2) is 12.3. The molecule has 2 aromatic carbocycles. The molecule has 35 heavy (non-hydrogen) atoms. The molecule has 194 valence electrons. The van der Waals surface area contributed by atoms with Crippen LogP contribution in [0.1, 0.15) is 36.0 Å². The Morgan fingerprint density at radius 1 is 1.09 bits per heavy atom. The number of halogens is 4. The van der Waals surface area contributed by atoms with Crippen LogP contribution in [0.15, 0.2) is 48.5 Å². The third-order valence-electron chi connectivity index (χ3n) is 6.12. The van der Waals surface area contributed by atoms with E-state index in [0.717, 1.165) is 24.5 Å². The van der Waals surface area contributed by atoms with Gasteiger partial charge in [-0.05, 0) is 37.3 Å². The van der Waals surface area contributed by atoms with Crippen molar-refractivity contribution in [2.45, 2.75) is 44.5 Å². The van der Waals surface area contributed by atoms with Crippen molar-refractivity contribution in [1.29, 1.82) is 0 Å². The Morgan fingerprint density at radius 2 is 1.83 bits per heavy atom. The summed E-state index contributed by atoms with van der Waals surface area (Å²) in [5.74, 6) is -1.23. The van der Waals surface area contributed by atoms with E-state index < -0.39 is 27.6 Å². The van der Waals surface area contributed by atoms with Crippen molar-refractivity contribution in [3.63, 3.8) is 0 Å². The predicted molar refractivity (Wildman–Crippen MR) is 127 cm³/mol. The number of benzene rings is 2. The summed E-state index contributed by atoms with van der Waals surface area (Å²) in [6.07, 6.45) is -0.971. The first-order valence-corrected chi connectivity index (χ1v) is 13.6. The van der Waals surface area contributed by atoms with Crippen molar-refractivity contribution in [1.82, 2.24) is 9.21 Å². The van der Waals surface area contributed by atoms with Crippen LogP contribution in [-0.2, 0) is 33.9 Å². The number of piperidine rings is 1. The van der Waals surface area contributed by atoms with E-state index in [1.165, 1.54) is 22.7 Å². The Kier molecular flexibility index (Phi) is 9.69. The van der Waals surface area contributed by atoms with E-state index in [1.54, 1.807) is 0 Å². The standard InChI is InChI=1S/C25H32F4N2O3S/c1-35(32,33)31-15-6-11-22(19-31)34-17-7-14-30(16-13-20-8-3-2-4-9-20)18-21-10-5-12-23(24(21)26)25(27,28)29/h2-5,8-10,12,22H,6-7,11,13-19H2,1H3. The maximum atomic E-state index is 14.6. The summed E-state index contributed by atoms with van der Waals surface area (Å²) in [4.78, 5) is 1.93. The fourth-order valence-corrected chi connectivity index (χ4v) is 5.14. The van der Waals surface area contributed by atoms with Crippen LogP contribution < -0.4 is 0 Å². The van der Waals surface area contributed by atoms with E-state index in [2.05, 4.69) is 0 Å². The van der Waals surface area contributed by atoms with Gasteiger partial charge in [0.25, 0.3) is 0 Å². The highest BCUT2D eigenvalue weighted by molar-refractivity contribution is 7.88. The minimum absolute atomic E-state index is 0.00452. The first-order chi connectivity index (χ1) is 16.5. The number of alkyl halides is 3. The van der Waals surface area contributed by atoms with Gasteiger partial charge in [-0.1, -0.05) is 42.5 Å². The van der Waals surface area contributed by atoms with Crippen molar-refractivity contribution in [2.24, 2.45) is 0 Å². The zero-order valence-corrected chi connectivity index (χ0v) is 20.6. The Bertz CT molecular complexity index is 1050. The maximum Gasteiger partial charge on any atom is 0.419 e. The molecular formula is C25H32F4N2O3S. The van der Waals surface area contributed by atoms with Gasteiger partial charge in [-0.3, -0.25) is 4.90 Å². The molecule has 3 rings (SSSR count). The largest absolute Gasteiger partial charge is 0.419 e. The van der Waals surface area contributed by atoms with Crippen LogP contribution in [0.3, 0.4) is 0 Å². The predicted octanol–water partition coefficient (Wildman–Crippen LogP) is 4.72. The molecule has 1 aliphatic heterocycles.